The fourth-order valence-electron chi connectivity index (χ4n) is 2.19. The van der Waals surface area contributed by atoms with Gasteiger partial charge in [-0.05, 0) is 48.6 Å². The van der Waals surface area contributed by atoms with E-state index < -0.39 is 0 Å². The Kier molecular flexibility index (Phi) is 5.36. The molecule has 0 aliphatic rings. The van der Waals surface area contributed by atoms with Gasteiger partial charge in [-0.3, -0.25) is 4.79 Å². The molecule has 0 saturated heterocycles. The highest BCUT2D eigenvalue weighted by atomic mass is 16.5. The van der Waals surface area contributed by atoms with Crippen LogP contribution in [0.2, 0.25) is 0 Å². The maximum Gasteiger partial charge on any atom is 0.234 e. The lowest BCUT2D eigenvalue weighted by Crippen LogP contribution is -2.32. The Balaban J connectivity index is 3.13. The molecule has 1 rings (SSSR count). The van der Waals surface area contributed by atoms with E-state index in [2.05, 4.69) is 25.2 Å². The third-order valence-corrected chi connectivity index (χ3v) is 3.27. The predicted molar refractivity (Wildman–Crippen MR) is 77.4 cm³/mol. The van der Waals surface area contributed by atoms with Crippen molar-refractivity contribution in [1.82, 2.24) is 5.32 Å². The van der Waals surface area contributed by atoms with Crippen molar-refractivity contribution >= 4 is 5.91 Å². The second-order valence-corrected chi connectivity index (χ2v) is 5.10. The summed E-state index contributed by atoms with van der Waals surface area (Å²) >= 11 is 0. The van der Waals surface area contributed by atoms with E-state index in [-0.39, 0.29) is 18.5 Å². The van der Waals surface area contributed by atoms with E-state index in [0.717, 1.165) is 22.4 Å². The number of methoxy groups -OCH3 is 1. The minimum Gasteiger partial charge on any atom is -0.496 e. The van der Waals surface area contributed by atoms with Gasteiger partial charge in [-0.25, -0.2) is 0 Å². The molecule has 19 heavy (non-hydrogen) atoms. The monoisotopic (exact) mass is 264 g/mol. The van der Waals surface area contributed by atoms with Gasteiger partial charge in [0.1, 0.15) is 5.75 Å². The van der Waals surface area contributed by atoms with Crippen LogP contribution in [0.3, 0.4) is 0 Å². The predicted octanol–water partition coefficient (Wildman–Crippen LogP) is 2.26. The van der Waals surface area contributed by atoms with Gasteiger partial charge in [0.2, 0.25) is 5.91 Å². The minimum absolute atomic E-state index is 0.0105. The first-order valence-electron chi connectivity index (χ1n) is 6.58. The van der Waals surface area contributed by atoms with Crippen LogP contribution in [0.4, 0.5) is 0 Å². The van der Waals surface area contributed by atoms with E-state index in [0.29, 0.717) is 5.92 Å². The molecule has 0 aliphatic heterocycles. The Bertz CT molecular complexity index is 456. The zero-order valence-corrected chi connectivity index (χ0v) is 12.4. The Hall–Kier alpha value is -1.55. The SMILES string of the molecule is COc1cc(C)c(C(C)NC(=O)CN)cc1C(C)C. The summed E-state index contributed by atoms with van der Waals surface area (Å²) in [5.74, 6) is 1.12. The minimum atomic E-state index is -0.145. The van der Waals surface area contributed by atoms with Crippen molar-refractivity contribution in [3.8, 4) is 5.75 Å². The zero-order chi connectivity index (χ0) is 14.6. The summed E-state index contributed by atoms with van der Waals surface area (Å²) < 4.78 is 5.42. The highest BCUT2D eigenvalue weighted by molar-refractivity contribution is 5.78. The first-order chi connectivity index (χ1) is 8.90. The fourth-order valence-corrected chi connectivity index (χ4v) is 2.19. The molecule has 0 fully saturated rings. The molecule has 1 atom stereocenters. The molecule has 1 amide bonds. The fraction of sp³-hybridized carbons (Fsp3) is 0.533. The van der Waals surface area contributed by atoms with E-state index in [9.17, 15) is 4.79 Å². The Morgan fingerprint density at radius 3 is 2.42 bits per heavy atom. The van der Waals surface area contributed by atoms with E-state index in [1.54, 1.807) is 7.11 Å². The van der Waals surface area contributed by atoms with Crippen molar-refractivity contribution in [2.45, 2.75) is 39.7 Å². The van der Waals surface area contributed by atoms with Crippen molar-refractivity contribution in [2.75, 3.05) is 13.7 Å². The van der Waals surface area contributed by atoms with E-state index in [1.807, 2.05) is 19.9 Å². The Labute approximate surface area is 115 Å². The normalized spacial score (nSPS) is 12.4. The van der Waals surface area contributed by atoms with Gasteiger partial charge in [0, 0.05) is 0 Å². The average molecular weight is 264 g/mol. The number of nitrogens with two attached hydrogens (primary N) is 1. The summed E-state index contributed by atoms with van der Waals surface area (Å²) in [4.78, 5) is 11.4. The molecule has 0 bridgehead atoms. The number of carbonyl (C=O) groups is 1. The lowest BCUT2D eigenvalue weighted by Gasteiger charge is -2.20. The topological polar surface area (TPSA) is 64.3 Å². The van der Waals surface area contributed by atoms with Gasteiger partial charge < -0.3 is 15.8 Å². The molecule has 0 aromatic heterocycles. The molecule has 106 valence electrons. The molecular weight excluding hydrogens is 240 g/mol. The van der Waals surface area contributed by atoms with Gasteiger partial charge in [0.25, 0.3) is 0 Å². The summed E-state index contributed by atoms with van der Waals surface area (Å²) in [6.07, 6.45) is 0. The number of carbonyl (C=O) groups excluding carboxylic acids is 1. The Morgan fingerprint density at radius 1 is 1.32 bits per heavy atom. The smallest absolute Gasteiger partial charge is 0.234 e. The van der Waals surface area contributed by atoms with Crippen molar-refractivity contribution in [3.63, 3.8) is 0 Å². The van der Waals surface area contributed by atoms with Crippen LogP contribution < -0.4 is 15.8 Å². The first-order valence-corrected chi connectivity index (χ1v) is 6.58. The molecule has 0 heterocycles. The lowest BCUT2D eigenvalue weighted by atomic mass is 9.93. The van der Waals surface area contributed by atoms with Gasteiger partial charge in [0.15, 0.2) is 0 Å². The summed E-state index contributed by atoms with van der Waals surface area (Å²) in [5, 5.41) is 2.89. The number of nitrogens with one attached hydrogen (secondary N) is 1. The summed E-state index contributed by atoms with van der Waals surface area (Å²) in [5.41, 5.74) is 8.68. The van der Waals surface area contributed by atoms with Crippen LogP contribution in [0.15, 0.2) is 12.1 Å². The molecule has 4 nitrogen and oxygen atoms in total. The van der Waals surface area contributed by atoms with Crippen LogP contribution in [0.5, 0.6) is 5.75 Å². The van der Waals surface area contributed by atoms with E-state index in [4.69, 9.17) is 10.5 Å². The number of ether oxygens (including phenoxy) is 1. The quantitative estimate of drug-likeness (QED) is 0.857. The van der Waals surface area contributed by atoms with Gasteiger partial charge in [0.05, 0.1) is 19.7 Å². The molecule has 0 radical (unpaired) electrons. The van der Waals surface area contributed by atoms with E-state index in [1.165, 1.54) is 0 Å². The van der Waals surface area contributed by atoms with Crippen molar-refractivity contribution in [1.29, 1.82) is 0 Å². The number of hydrogen-bond donors (Lipinski definition) is 2. The van der Waals surface area contributed by atoms with Gasteiger partial charge in [-0.15, -0.1) is 0 Å². The van der Waals surface area contributed by atoms with Crippen LogP contribution in [0, 0.1) is 6.92 Å². The second-order valence-electron chi connectivity index (χ2n) is 5.10. The number of rotatable bonds is 5. The molecule has 1 aromatic carbocycles. The average Bonchev–Trinajstić information content (AvgIpc) is 2.37. The third kappa shape index (κ3) is 3.70. The third-order valence-electron chi connectivity index (χ3n) is 3.27. The maximum absolute atomic E-state index is 11.4. The standard InChI is InChI=1S/C15H24N2O2/c1-9(2)12-7-13(10(3)6-14(12)19-5)11(4)17-15(18)8-16/h6-7,9,11H,8,16H2,1-5H3,(H,17,18). The molecule has 1 unspecified atom stereocenters. The van der Waals surface area contributed by atoms with Gasteiger partial charge >= 0.3 is 0 Å². The van der Waals surface area contributed by atoms with Gasteiger partial charge in [-0.2, -0.15) is 0 Å². The number of hydrogen-bond acceptors (Lipinski definition) is 3. The van der Waals surface area contributed by atoms with Crippen LogP contribution >= 0.6 is 0 Å². The van der Waals surface area contributed by atoms with Crippen LogP contribution in [-0.4, -0.2) is 19.6 Å². The van der Waals surface area contributed by atoms with Crippen molar-refractivity contribution in [3.05, 3.63) is 28.8 Å². The molecule has 0 spiro atoms. The molecule has 4 heteroatoms. The molecule has 0 aliphatic carbocycles. The number of amides is 1. The number of benzene rings is 1. The summed E-state index contributed by atoms with van der Waals surface area (Å²) in [7, 11) is 1.68. The lowest BCUT2D eigenvalue weighted by molar-refractivity contribution is -0.120. The second kappa shape index (κ2) is 6.57. The summed E-state index contributed by atoms with van der Waals surface area (Å²) in [6, 6.07) is 4.08. The molecule has 1 aromatic rings. The highest BCUT2D eigenvalue weighted by Gasteiger charge is 2.16. The van der Waals surface area contributed by atoms with Crippen LogP contribution in [0.25, 0.3) is 0 Å². The zero-order valence-electron chi connectivity index (χ0n) is 12.4. The van der Waals surface area contributed by atoms with Crippen molar-refractivity contribution < 1.29 is 9.53 Å². The van der Waals surface area contributed by atoms with Gasteiger partial charge in [-0.1, -0.05) is 13.8 Å². The first kappa shape index (κ1) is 15.5. The maximum atomic E-state index is 11.4. The van der Waals surface area contributed by atoms with Crippen LogP contribution in [0.1, 0.15) is 49.4 Å². The number of aryl methyl sites for hydroxylation is 1. The molecular formula is C15H24N2O2. The molecule has 3 N–H and O–H groups in total. The highest BCUT2D eigenvalue weighted by Crippen LogP contribution is 2.31. The Morgan fingerprint density at radius 2 is 1.95 bits per heavy atom. The largest absolute Gasteiger partial charge is 0.496 e. The van der Waals surface area contributed by atoms with E-state index >= 15 is 0 Å². The van der Waals surface area contributed by atoms with Crippen molar-refractivity contribution in [2.24, 2.45) is 5.73 Å². The summed E-state index contributed by atoms with van der Waals surface area (Å²) in [6.45, 7) is 8.25. The van der Waals surface area contributed by atoms with Crippen LogP contribution in [-0.2, 0) is 4.79 Å². The molecule has 0 saturated carbocycles.